The molecule has 128 valence electrons. The molecular weight excluding hydrogens is 284 g/mol. The minimum atomic E-state index is 0.587. The lowest BCUT2D eigenvalue weighted by molar-refractivity contribution is 0.189. The molecule has 3 heteroatoms. The Bertz CT molecular complexity index is 375. The van der Waals surface area contributed by atoms with Gasteiger partial charge in [0.2, 0.25) is 0 Å². The van der Waals surface area contributed by atoms with E-state index in [0.29, 0.717) is 13.2 Å². The molecule has 23 heavy (non-hydrogen) atoms. The molecule has 0 aliphatic rings. The lowest BCUT2D eigenvalue weighted by Gasteiger charge is -2.22. The first-order chi connectivity index (χ1) is 11.1. The predicted molar refractivity (Wildman–Crippen MR) is 102 cm³/mol. The van der Waals surface area contributed by atoms with Gasteiger partial charge in [0.05, 0.1) is 13.2 Å². The monoisotopic (exact) mass is 316 g/mol. The normalized spacial score (nSPS) is 11.7. The second-order valence-corrected chi connectivity index (χ2v) is 5.19. The van der Waals surface area contributed by atoms with Crippen molar-refractivity contribution in [2.75, 3.05) is 39.4 Å². The van der Waals surface area contributed by atoms with Crippen molar-refractivity contribution in [3.05, 3.63) is 74.2 Å². The van der Waals surface area contributed by atoms with Crippen LogP contribution >= 0.6 is 0 Å². The molecular formula is C20H32N2O. The fourth-order valence-electron chi connectivity index (χ4n) is 2.03. The Hall–Kier alpha value is -2.00. The van der Waals surface area contributed by atoms with Crippen LogP contribution in [0.3, 0.4) is 0 Å². The molecule has 0 saturated heterocycles. The SMILES string of the molecule is C=CCN(CC=C)C(C)=CCOCC=C(C)N(CC=C)CC=C. The quantitative estimate of drug-likeness (QED) is 0.353. The van der Waals surface area contributed by atoms with E-state index in [2.05, 4.69) is 62.1 Å². The summed E-state index contributed by atoms with van der Waals surface area (Å²) in [6.45, 7) is 23.7. The summed E-state index contributed by atoms with van der Waals surface area (Å²) in [7, 11) is 0. The van der Waals surface area contributed by atoms with Crippen LogP contribution in [-0.4, -0.2) is 49.2 Å². The van der Waals surface area contributed by atoms with E-state index in [1.807, 2.05) is 24.3 Å². The molecule has 0 aromatic carbocycles. The first kappa shape index (κ1) is 21.0. The van der Waals surface area contributed by atoms with Crippen LogP contribution in [0.1, 0.15) is 13.8 Å². The van der Waals surface area contributed by atoms with E-state index in [9.17, 15) is 0 Å². The Morgan fingerprint density at radius 2 is 1.00 bits per heavy atom. The molecule has 0 aliphatic heterocycles. The Kier molecular flexibility index (Phi) is 12.5. The van der Waals surface area contributed by atoms with Gasteiger partial charge in [0.15, 0.2) is 0 Å². The van der Waals surface area contributed by atoms with Gasteiger partial charge in [-0.2, -0.15) is 0 Å². The Balaban J connectivity index is 4.36. The van der Waals surface area contributed by atoms with Gasteiger partial charge in [-0.3, -0.25) is 0 Å². The Morgan fingerprint density at radius 1 is 0.696 bits per heavy atom. The summed E-state index contributed by atoms with van der Waals surface area (Å²) in [6, 6.07) is 0. The molecule has 0 amide bonds. The molecule has 0 aromatic heterocycles. The highest BCUT2D eigenvalue weighted by Gasteiger charge is 2.01. The molecule has 0 bridgehead atoms. The van der Waals surface area contributed by atoms with Gasteiger partial charge in [-0.1, -0.05) is 24.3 Å². The second kappa shape index (κ2) is 13.6. The highest BCUT2D eigenvalue weighted by molar-refractivity contribution is 5.03. The van der Waals surface area contributed by atoms with Crippen molar-refractivity contribution in [3.63, 3.8) is 0 Å². The van der Waals surface area contributed by atoms with Gasteiger partial charge in [0.25, 0.3) is 0 Å². The number of allylic oxidation sites excluding steroid dienone is 2. The average Bonchev–Trinajstić information content (AvgIpc) is 2.53. The van der Waals surface area contributed by atoms with Crippen LogP contribution in [0, 0.1) is 0 Å². The van der Waals surface area contributed by atoms with Crippen molar-refractivity contribution in [3.8, 4) is 0 Å². The molecule has 0 saturated carbocycles. The molecule has 3 nitrogen and oxygen atoms in total. The van der Waals surface area contributed by atoms with E-state index in [4.69, 9.17) is 4.74 Å². The summed E-state index contributed by atoms with van der Waals surface area (Å²) in [6.07, 6.45) is 11.7. The molecule has 0 radical (unpaired) electrons. The first-order valence-corrected chi connectivity index (χ1v) is 7.95. The topological polar surface area (TPSA) is 15.7 Å². The molecule has 0 aromatic rings. The van der Waals surface area contributed by atoms with Crippen LogP contribution in [0.2, 0.25) is 0 Å². The summed E-state index contributed by atoms with van der Waals surface area (Å²) in [5.41, 5.74) is 2.34. The van der Waals surface area contributed by atoms with Crippen molar-refractivity contribution in [1.29, 1.82) is 0 Å². The summed E-state index contributed by atoms with van der Waals surface area (Å²) < 4.78 is 5.68. The van der Waals surface area contributed by atoms with Gasteiger partial charge in [-0.25, -0.2) is 0 Å². The van der Waals surface area contributed by atoms with Crippen LogP contribution in [0.4, 0.5) is 0 Å². The second-order valence-electron chi connectivity index (χ2n) is 5.19. The van der Waals surface area contributed by atoms with E-state index < -0.39 is 0 Å². The first-order valence-electron chi connectivity index (χ1n) is 7.95. The van der Waals surface area contributed by atoms with Crippen LogP contribution < -0.4 is 0 Å². The van der Waals surface area contributed by atoms with E-state index >= 15 is 0 Å². The van der Waals surface area contributed by atoms with Crippen LogP contribution in [0.25, 0.3) is 0 Å². The van der Waals surface area contributed by atoms with Crippen LogP contribution in [-0.2, 0) is 4.74 Å². The van der Waals surface area contributed by atoms with Gasteiger partial charge in [-0.15, -0.1) is 26.3 Å². The minimum Gasteiger partial charge on any atom is -0.373 e. The van der Waals surface area contributed by atoms with Gasteiger partial charge < -0.3 is 14.5 Å². The highest BCUT2D eigenvalue weighted by atomic mass is 16.5. The fraction of sp³-hybridized carbons (Fsp3) is 0.400. The standard InChI is InChI=1S/C20H32N2O/c1-7-13-21(14-8-2)19(5)11-17-23-18-12-20(6)22(15-9-3)16-10-4/h7-12H,1-4,13-18H2,5-6H3. The Labute approximate surface area is 142 Å². The lowest BCUT2D eigenvalue weighted by Crippen LogP contribution is -2.22. The fourth-order valence-corrected chi connectivity index (χ4v) is 2.03. The Morgan fingerprint density at radius 3 is 1.26 bits per heavy atom. The lowest BCUT2D eigenvalue weighted by atomic mass is 10.3. The van der Waals surface area contributed by atoms with Gasteiger partial charge >= 0.3 is 0 Å². The number of hydrogen-bond acceptors (Lipinski definition) is 3. The van der Waals surface area contributed by atoms with Crippen LogP contribution in [0.5, 0.6) is 0 Å². The van der Waals surface area contributed by atoms with Crippen molar-refractivity contribution < 1.29 is 4.74 Å². The molecule has 0 aliphatic carbocycles. The summed E-state index contributed by atoms with van der Waals surface area (Å²) in [5.74, 6) is 0. The van der Waals surface area contributed by atoms with Gasteiger partial charge in [0, 0.05) is 37.6 Å². The maximum absolute atomic E-state index is 5.68. The van der Waals surface area contributed by atoms with E-state index in [1.54, 1.807) is 0 Å². The van der Waals surface area contributed by atoms with E-state index in [0.717, 1.165) is 26.2 Å². The molecule has 0 N–H and O–H groups in total. The van der Waals surface area contributed by atoms with Crippen molar-refractivity contribution in [2.45, 2.75) is 13.8 Å². The summed E-state index contributed by atoms with van der Waals surface area (Å²) >= 11 is 0. The largest absolute Gasteiger partial charge is 0.373 e. The molecule has 0 heterocycles. The third kappa shape index (κ3) is 9.59. The smallest absolute Gasteiger partial charge is 0.0671 e. The number of nitrogens with zero attached hydrogens (tertiary/aromatic N) is 2. The third-order valence-corrected chi connectivity index (χ3v) is 3.39. The number of rotatable bonds is 14. The zero-order valence-electron chi connectivity index (χ0n) is 14.8. The maximum Gasteiger partial charge on any atom is 0.0671 e. The minimum absolute atomic E-state index is 0.587. The predicted octanol–water partition coefficient (Wildman–Crippen LogP) is 4.16. The molecule has 0 fully saturated rings. The molecule has 0 atom stereocenters. The van der Waals surface area contributed by atoms with Gasteiger partial charge in [0.1, 0.15) is 0 Å². The average molecular weight is 316 g/mol. The van der Waals surface area contributed by atoms with Crippen molar-refractivity contribution >= 4 is 0 Å². The highest BCUT2D eigenvalue weighted by Crippen LogP contribution is 2.05. The van der Waals surface area contributed by atoms with E-state index in [-0.39, 0.29) is 0 Å². The zero-order chi connectivity index (χ0) is 17.5. The molecule has 0 spiro atoms. The third-order valence-electron chi connectivity index (χ3n) is 3.39. The van der Waals surface area contributed by atoms with Crippen molar-refractivity contribution in [2.24, 2.45) is 0 Å². The maximum atomic E-state index is 5.68. The number of hydrogen-bond donors (Lipinski definition) is 0. The molecule has 0 unspecified atom stereocenters. The summed E-state index contributed by atoms with van der Waals surface area (Å²) in [4.78, 5) is 4.39. The van der Waals surface area contributed by atoms with E-state index in [1.165, 1.54) is 11.4 Å². The van der Waals surface area contributed by atoms with Crippen molar-refractivity contribution in [1.82, 2.24) is 9.80 Å². The van der Waals surface area contributed by atoms with Gasteiger partial charge in [-0.05, 0) is 26.0 Å². The molecule has 0 rings (SSSR count). The zero-order valence-corrected chi connectivity index (χ0v) is 14.8. The van der Waals surface area contributed by atoms with Crippen LogP contribution in [0.15, 0.2) is 74.2 Å². The summed E-state index contributed by atoms with van der Waals surface area (Å²) in [5, 5.41) is 0. The number of ether oxygens (including phenoxy) is 1.